The molecule has 0 aliphatic carbocycles. The van der Waals surface area contributed by atoms with Gasteiger partial charge in [0, 0.05) is 28.3 Å². The average molecular weight is 396 g/mol. The number of nitrogens with one attached hydrogen (secondary N) is 1. The highest BCUT2D eigenvalue weighted by molar-refractivity contribution is 7.17. The number of fused-ring (bicyclic) bond motifs is 3. The summed E-state index contributed by atoms with van der Waals surface area (Å²) in [6.07, 6.45) is 4.04. The molecule has 132 valence electrons. The number of benzene rings is 1. The van der Waals surface area contributed by atoms with Crippen molar-refractivity contribution in [1.29, 1.82) is 0 Å². The largest absolute Gasteiger partial charge is 0.345 e. The summed E-state index contributed by atoms with van der Waals surface area (Å²) in [5.74, 6) is 0.491. The van der Waals surface area contributed by atoms with E-state index in [9.17, 15) is 4.79 Å². The lowest BCUT2D eigenvalue weighted by Gasteiger charge is -2.49. The number of carbonyl (C=O) groups excluding carboxylic acids is 1. The van der Waals surface area contributed by atoms with E-state index in [2.05, 4.69) is 22.1 Å². The topological polar surface area (TPSA) is 45.2 Å². The van der Waals surface area contributed by atoms with Crippen molar-refractivity contribution in [2.24, 2.45) is 5.92 Å². The molecule has 2 aromatic rings. The van der Waals surface area contributed by atoms with E-state index < -0.39 is 0 Å². The van der Waals surface area contributed by atoms with Gasteiger partial charge in [-0.25, -0.2) is 4.98 Å². The number of hydrogen-bond donors (Lipinski definition) is 1. The van der Waals surface area contributed by atoms with E-state index in [1.165, 1.54) is 24.2 Å². The Kier molecular flexibility index (Phi) is 4.75. The summed E-state index contributed by atoms with van der Waals surface area (Å²) >= 11 is 13.5. The van der Waals surface area contributed by atoms with Crippen molar-refractivity contribution in [3.63, 3.8) is 0 Å². The minimum Gasteiger partial charge on any atom is -0.345 e. The predicted molar refractivity (Wildman–Crippen MR) is 103 cm³/mol. The lowest BCUT2D eigenvalue weighted by atomic mass is 9.79. The van der Waals surface area contributed by atoms with Crippen molar-refractivity contribution < 1.29 is 4.79 Å². The number of thiazole rings is 1. The molecular weight excluding hydrogens is 377 g/mol. The molecule has 0 spiro atoms. The molecule has 2 atom stereocenters. The van der Waals surface area contributed by atoms with Crippen molar-refractivity contribution in [3.05, 3.63) is 39.4 Å². The third-order valence-electron chi connectivity index (χ3n) is 5.32. The van der Waals surface area contributed by atoms with Crippen LogP contribution in [-0.2, 0) is 0 Å². The second-order valence-electron chi connectivity index (χ2n) is 6.80. The molecule has 5 rings (SSSR count). The van der Waals surface area contributed by atoms with Crippen LogP contribution in [0.25, 0.3) is 10.4 Å². The summed E-state index contributed by atoms with van der Waals surface area (Å²) in [6.45, 7) is 4.50. The molecule has 3 saturated heterocycles. The Hall–Kier alpha value is -1.14. The zero-order chi connectivity index (χ0) is 17.6. The van der Waals surface area contributed by atoms with Crippen LogP contribution in [-0.4, -0.2) is 41.0 Å². The Bertz CT molecular complexity index is 779. The summed E-state index contributed by atoms with van der Waals surface area (Å²) in [4.78, 5) is 20.3. The van der Waals surface area contributed by atoms with Crippen molar-refractivity contribution in [1.82, 2.24) is 15.2 Å². The summed E-state index contributed by atoms with van der Waals surface area (Å²) in [5.41, 5.74) is 0.880. The molecule has 7 heteroatoms. The molecule has 4 nitrogen and oxygen atoms in total. The number of piperidine rings is 3. The Balaban J connectivity index is 1.51. The van der Waals surface area contributed by atoms with E-state index in [0.717, 1.165) is 23.5 Å². The second-order valence-corrected chi connectivity index (χ2v) is 8.70. The molecule has 4 heterocycles. The molecule has 0 saturated carbocycles. The van der Waals surface area contributed by atoms with Crippen LogP contribution in [0.2, 0.25) is 10.0 Å². The van der Waals surface area contributed by atoms with Gasteiger partial charge in [0.05, 0.1) is 4.88 Å². The van der Waals surface area contributed by atoms with Crippen LogP contribution in [0, 0.1) is 5.92 Å². The molecule has 3 fully saturated rings. The highest BCUT2D eigenvalue weighted by Crippen LogP contribution is 2.33. The van der Waals surface area contributed by atoms with Crippen molar-refractivity contribution in [2.75, 3.05) is 13.1 Å². The number of halogens is 2. The minimum atomic E-state index is -0.0880. The van der Waals surface area contributed by atoms with Gasteiger partial charge in [0.25, 0.3) is 5.91 Å². The first kappa shape index (κ1) is 17.3. The molecule has 1 aromatic heterocycles. The van der Waals surface area contributed by atoms with E-state index >= 15 is 0 Å². The molecule has 0 radical (unpaired) electrons. The monoisotopic (exact) mass is 395 g/mol. The number of amides is 1. The first-order chi connectivity index (χ1) is 12.0. The Morgan fingerprint density at radius 2 is 1.92 bits per heavy atom. The highest BCUT2D eigenvalue weighted by Gasteiger charge is 2.40. The van der Waals surface area contributed by atoms with Crippen molar-refractivity contribution in [2.45, 2.75) is 31.8 Å². The SMILES string of the molecule is CC1C(NC(=O)c2ncc(-c3cc(Cl)cc(Cl)c3)s2)C2CCN1CC2. The Morgan fingerprint density at radius 1 is 1.24 bits per heavy atom. The molecule has 3 aliphatic rings. The molecular formula is C18H19Cl2N3OS. The third-order valence-corrected chi connectivity index (χ3v) is 6.80. The fraction of sp³-hybridized carbons (Fsp3) is 0.444. The number of carbonyl (C=O) groups is 1. The van der Waals surface area contributed by atoms with Crippen LogP contribution in [0.15, 0.2) is 24.4 Å². The van der Waals surface area contributed by atoms with Crippen LogP contribution in [0.3, 0.4) is 0 Å². The number of aromatic nitrogens is 1. The molecule has 1 amide bonds. The standard InChI is InChI=1S/C18H19Cl2N3OS/c1-10-16(11-2-4-23(10)5-3-11)22-17(24)18-21-9-15(25-18)12-6-13(19)8-14(20)7-12/h6-11,16H,2-5H2,1H3,(H,22,24). The molecule has 25 heavy (non-hydrogen) atoms. The number of nitrogens with zero attached hydrogens (tertiary/aromatic N) is 2. The quantitative estimate of drug-likeness (QED) is 0.840. The summed E-state index contributed by atoms with van der Waals surface area (Å²) < 4.78 is 0. The maximum atomic E-state index is 12.7. The smallest absolute Gasteiger partial charge is 0.280 e. The van der Waals surface area contributed by atoms with Gasteiger partial charge in [-0.05, 0) is 62.5 Å². The zero-order valence-corrected chi connectivity index (χ0v) is 16.2. The van der Waals surface area contributed by atoms with Gasteiger partial charge in [0.2, 0.25) is 0 Å². The summed E-state index contributed by atoms with van der Waals surface area (Å²) in [6, 6.07) is 5.96. The molecule has 2 bridgehead atoms. The number of hydrogen-bond acceptors (Lipinski definition) is 4. The van der Waals surface area contributed by atoms with E-state index in [1.54, 1.807) is 12.3 Å². The Labute approximate surface area is 161 Å². The first-order valence-electron chi connectivity index (χ1n) is 8.48. The van der Waals surface area contributed by atoms with Gasteiger partial charge < -0.3 is 5.32 Å². The lowest BCUT2D eigenvalue weighted by Crippen LogP contribution is -2.62. The normalized spacial score (nSPS) is 28.1. The van der Waals surface area contributed by atoms with Crippen LogP contribution in [0.5, 0.6) is 0 Å². The van der Waals surface area contributed by atoms with E-state index in [1.807, 2.05) is 12.1 Å². The molecule has 1 aromatic carbocycles. The van der Waals surface area contributed by atoms with Gasteiger partial charge >= 0.3 is 0 Å². The lowest BCUT2D eigenvalue weighted by molar-refractivity contribution is 0.0217. The summed E-state index contributed by atoms with van der Waals surface area (Å²) in [5, 5.41) is 4.84. The van der Waals surface area contributed by atoms with Crippen molar-refractivity contribution >= 4 is 40.4 Å². The van der Waals surface area contributed by atoms with Crippen LogP contribution in [0.1, 0.15) is 29.6 Å². The van der Waals surface area contributed by atoms with Gasteiger partial charge in [0.15, 0.2) is 5.01 Å². The maximum Gasteiger partial charge on any atom is 0.280 e. The van der Waals surface area contributed by atoms with Gasteiger partial charge in [0.1, 0.15) is 0 Å². The fourth-order valence-corrected chi connectivity index (χ4v) is 5.30. The molecule has 3 aliphatic heterocycles. The Morgan fingerprint density at radius 3 is 2.56 bits per heavy atom. The summed E-state index contributed by atoms with van der Waals surface area (Å²) in [7, 11) is 0. The first-order valence-corrected chi connectivity index (χ1v) is 10.1. The maximum absolute atomic E-state index is 12.7. The predicted octanol–water partition coefficient (Wildman–Crippen LogP) is 4.33. The van der Waals surface area contributed by atoms with Gasteiger partial charge in [-0.2, -0.15) is 0 Å². The highest BCUT2D eigenvalue weighted by atomic mass is 35.5. The van der Waals surface area contributed by atoms with Crippen LogP contribution >= 0.6 is 34.5 Å². The van der Waals surface area contributed by atoms with Crippen LogP contribution in [0.4, 0.5) is 0 Å². The van der Waals surface area contributed by atoms with Gasteiger partial charge in [-0.3, -0.25) is 9.69 Å². The zero-order valence-electron chi connectivity index (χ0n) is 13.8. The average Bonchev–Trinajstić information content (AvgIpc) is 3.08. The van der Waals surface area contributed by atoms with Gasteiger partial charge in [-0.1, -0.05) is 23.2 Å². The van der Waals surface area contributed by atoms with Gasteiger partial charge in [-0.15, -0.1) is 11.3 Å². The fourth-order valence-electron chi connectivity index (χ4n) is 3.97. The van der Waals surface area contributed by atoms with Crippen molar-refractivity contribution in [3.8, 4) is 10.4 Å². The van der Waals surface area contributed by atoms with E-state index in [0.29, 0.717) is 27.0 Å². The van der Waals surface area contributed by atoms with Crippen LogP contribution < -0.4 is 5.32 Å². The van der Waals surface area contributed by atoms with E-state index in [4.69, 9.17) is 23.2 Å². The second kappa shape index (κ2) is 6.88. The van der Waals surface area contributed by atoms with E-state index in [-0.39, 0.29) is 11.9 Å². The number of rotatable bonds is 3. The third kappa shape index (κ3) is 3.43. The molecule has 2 unspecified atom stereocenters. The molecule has 1 N–H and O–H groups in total. The minimum absolute atomic E-state index is 0.0880.